The van der Waals surface area contributed by atoms with E-state index in [0.717, 1.165) is 10.4 Å². The van der Waals surface area contributed by atoms with Crippen LogP contribution in [0, 0.1) is 24.7 Å². The van der Waals surface area contributed by atoms with E-state index in [-0.39, 0.29) is 12.5 Å². The van der Waals surface area contributed by atoms with Crippen molar-refractivity contribution < 1.29 is 14.6 Å². The van der Waals surface area contributed by atoms with Gasteiger partial charge in [0.2, 0.25) is 0 Å². The number of amides is 1. The third kappa shape index (κ3) is 5.74. The minimum atomic E-state index is -0.175. The standard InChI is InChI=1S/C15H21NO3S/c1-11(2)10-19-8-6-16-15(18)14-9-12(3)13(20-14)5-4-7-17/h9,11,17H,6-8,10H2,1-3H3,(H,16,18). The predicted octanol–water partition coefficient (Wildman–Crippen LogP) is 1.80. The molecular weight excluding hydrogens is 274 g/mol. The molecule has 110 valence electrons. The average Bonchev–Trinajstić information content (AvgIpc) is 2.77. The quantitative estimate of drug-likeness (QED) is 0.621. The van der Waals surface area contributed by atoms with Gasteiger partial charge < -0.3 is 15.2 Å². The van der Waals surface area contributed by atoms with Crippen LogP contribution in [0.15, 0.2) is 6.07 Å². The normalized spacial score (nSPS) is 10.2. The molecule has 0 atom stereocenters. The van der Waals surface area contributed by atoms with Crippen molar-refractivity contribution in [2.24, 2.45) is 5.92 Å². The number of aliphatic hydroxyl groups is 1. The maximum atomic E-state index is 11.9. The van der Waals surface area contributed by atoms with Crippen LogP contribution in [0.4, 0.5) is 0 Å². The molecule has 20 heavy (non-hydrogen) atoms. The molecule has 0 fully saturated rings. The van der Waals surface area contributed by atoms with Gasteiger partial charge in [-0.1, -0.05) is 25.7 Å². The van der Waals surface area contributed by atoms with Crippen LogP contribution in [0.25, 0.3) is 0 Å². The topological polar surface area (TPSA) is 58.6 Å². The van der Waals surface area contributed by atoms with Gasteiger partial charge in [-0.3, -0.25) is 4.79 Å². The second kappa shape index (κ2) is 8.75. The van der Waals surface area contributed by atoms with Crippen molar-refractivity contribution in [3.05, 3.63) is 21.4 Å². The van der Waals surface area contributed by atoms with E-state index in [4.69, 9.17) is 9.84 Å². The molecule has 1 aromatic rings. The summed E-state index contributed by atoms with van der Waals surface area (Å²) in [5, 5.41) is 11.5. The molecule has 1 amide bonds. The number of aryl methyl sites for hydroxylation is 1. The zero-order valence-electron chi connectivity index (χ0n) is 12.2. The van der Waals surface area contributed by atoms with E-state index in [1.54, 1.807) is 0 Å². The zero-order chi connectivity index (χ0) is 15.0. The molecule has 0 aliphatic rings. The first-order valence-corrected chi connectivity index (χ1v) is 7.42. The molecule has 0 saturated carbocycles. The van der Waals surface area contributed by atoms with Crippen molar-refractivity contribution in [3.8, 4) is 11.8 Å². The maximum Gasteiger partial charge on any atom is 0.261 e. The summed E-state index contributed by atoms with van der Waals surface area (Å²) in [6.45, 7) is 7.62. The SMILES string of the molecule is Cc1cc(C(=O)NCCOCC(C)C)sc1C#CCO. The Morgan fingerprint density at radius 3 is 2.95 bits per heavy atom. The van der Waals surface area contributed by atoms with Gasteiger partial charge in [0.25, 0.3) is 5.91 Å². The number of rotatable bonds is 6. The second-order valence-electron chi connectivity index (χ2n) is 4.81. The summed E-state index contributed by atoms with van der Waals surface area (Å²) >= 11 is 1.34. The summed E-state index contributed by atoms with van der Waals surface area (Å²) in [7, 11) is 0. The van der Waals surface area contributed by atoms with E-state index in [9.17, 15) is 4.79 Å². The van der Waals surface area contributed by atoms with Crippen LogP contribution in [0.1, 0.15) is 34.0 Å². The highest BCUT2D eigenvalue weighted by atomic mass is 32.1. The Morgan fingerprint density at radius 1 is 1.55 bits per heavy atom. The molecule has 5 heteroatoms. The van der Waals surface area contributed by atoms with E-state index < -0.39 is 0 Å². The highest BCUT2D eigenvalue weighted by molar-refractivity contribution is 7.14. The third-order valence-corrected chi connectivity index (χ3v) is 3.56. The number of ether oxygens (including phenoxy) is 1. The zero-order valence-corrected chi connectivity index (χ0v) is 13.0. The highest BCUT2D eigenvalue weighted by Crippen LogP contribution is 2.20. The summed E-state index contributed by atoms with van der Waals surface area (Å²) in [5.41, 5.74) is 0.956. The second-order valence-corrected chi connectivity index (χ2v) is 5.86. The number of aliphatic hydroxyl groups excluding tert-OH is 1. The van der Waals surface area contributed by atoms with Crippen molar-refractivity contribution >= 4 is 17.2 Å². The summed E-state index contributed by atoms with van der Waals surface area (Å²) in [4.78, 5) is 13.4. The minimum Gasteiger partial charge on any atom is -0.384 e. The molecule has 0 spiro atoms. The van der Waals surface area contributed by atoms with Gasteiger partial charge in [0.05, 0.1) is 16.4 Å². The summed E-state index contributed by atoms with van der Waals surface area (Å²) in [6.07, 6.45) is 0. The molecule has 2 N–H and O–H groups in total. The number of carbonyl (C=O) groups is 1. The molecule has 0 saturated heterocycles. The van der Waals surface area contributed by atoms with Crippen LogP contribution in [0.5, 0.6) is 0 Å². The Labute approximate surface area is 124 Å². The van der Waals surface area contributed by atoms with E-state index in [1.165, 1.54) is 11.3 Å². The van der Waals surface area contributed by atoms with Crippen molar-refractivity contribution in [2.45, 2.75) is 20.8 Å². The van der Waals surface area contributed by atoms with E-state index >= 15 is 0 Å². The fourth-order valence-corrected chi connectivity index (χ4v) is 2.44. The monoisotopic (exact) mass is 295 g/mol. The van der Waals surface area contributed by atoms with E-state index in [2.05, 4.69) is 31.0 Å². The first kappa shape index (κ1) is 16.7. The van der Waals surface area contributed by atoms with Crippen molar-refractivity contribution in [1.29, 1.82) is 0 Å². The Kier molecular flexibility index (Phi) is 7.31. The van der Waals surface area contributed by atoms with Gasteiger partial charge in [0.15, 0.2) is 0 Å². The Morgan fingerprint density at radius 2 is 2.30 bits per heavy atom. The molecule has 0 aromatic carbocycles. The lowest BCUT2D eigenvalue weighted by molar-refractivity contribution is 0.0889. The molecule has 1 heterocycles. The number of hydrogen-bond donors (Lipinski definition) is 2. The molecule has 4 nitrogen and oxygen atoms in total. The van der Waals surface area contributed by atoms with Crippen molar-refractivity contribution in [3.63, 3.8) is 0 Å². The highest BCUT2D eigenvalue weighted by Gasteiger charge is 2.10. The van der Waals surface area contributed by atoms with Gasteiger partial charge in [-0.25, -0.2) is 0 Å². The lowest BCUT2D eigenvalue weighted by atomic mass is 10.2. The molecule has 0 unspecified atom stereocenters. The lowest BCUT2D eigenvalue weighted by Crippen LogP contribution is -2.27. The van der Waals surface area contributed by atoms with Crippen molar-refractivity contribution in [1.82, 2.24) is 5.32 Å². The molecule has 0 aliphatic carbocycles. The number of thiophene rings is 1. The average molecular weight is 295 g/mol. The molecule has 0 aliphatic heterocycles. The van der Waals surface area contributed by atoms with Crippen LogP contribution in [-0.2, 0) is 4.74 Å². The number of nitrogens with one attached hydrogen (secondary N) is 1. The minimum absolute atomic E-state index is 0.108. The van der Waals surface area contributed by atoms with Gasteiger partial charge in [-0.05, 0) is 24.5 Å². The molecular formula is C15H21NO3S. The van der Waals surface area contributed by atoms with Crippen molar-refractivity contribution in [2.75, 3.05) is 26.4 Å². The Bertz CT molecular complexity index is 497. The fraction of sp³-hybridized carbons (Fsp3) is 0.533. The predicted molar refractivity (Wildman–Crippen MR) is 81.0 cm³/mol. The summed E-state index contributed by atoms with van der Waals surface area (Å²) < 4.78 is 5.40. The fourth-order valence-electron chi connectivity index (χ4n) is 1.48. The van der Waals surface area contributed by atoms with Crippen LogP contribution in [0.3, 0.4) is 0 Å². The Hall–Kier alpha value is -1.35. The van der Waals surface area contributed by atoms with E-state index in [1.807, 2.05) is 13.0 Å². The van der Waals surface area contributed by atoms with Crippen LogP contribution < -0.4 is 5.32 Å². The van der Waals surface area contributed by atoms with Gasteiger partial charge in [-0.15, -0.1) is 11.3 Å². The van der Waals surface area contributed by atoms with Crippen LogP contribution in [0.2, 0.25) is 0 Å². The number of carbonyl (C=O) groups excluding carboxylic acids is 1. The smallest absolute Gasteiger partial charge is 0.261 e. The largest absolute Gasteiger partial charge is 0.384 e. The molecule has 0 radical (unpaired) electrons. The maximum absolute atomic E-state index is 11.9. The van der Waals surface area contributed by atoms with Crippen LogP contribution in [-0.4, -0.2) is 37.4 Å². The molecule has 0 bridgehead atoms. The van der Waals surface area contributed by atoms with Gasteiger partial charge in [0.1, 0.15) is 6.61 Å². The first-order chi connectivity index (χ1) is 9.54. The van der Waals surface area contributed by atoms with Gasteiger partial charge in [0, 0.05) is 13.2 Å². The Balaban J connectivity index is 2.44. The lowest BCUT2D eigenvalue weighted by Gasteiger charge is -2.07. The number of hydrogen-bond acceptors (Lipinski definition) is 4. The molecule has 1 rings (SSSR count). The van der Waals surface area contributed by atoms with E-state index in [0.29, 0.717) is 30.6 Å². The van der Waals surface area contributed by atoms with Gasteiger partial charge >= 0.3 is 0 Å². The summed E-state index contributed by atoms with van der Waals surface area (Å²) in [6, 6.07) is 1.82. The summed E-state index contributed by atoms with van der Waals surface area (Å²) in [5.74, 6) is 5.82. The first-order valence-electron chi connectivity index (χ1n) is 6.60. The molecule has 1 aromatic heterocycles. The van der Waals surface area contributed by atoms with Gasteiger partial charge in [-0.2, -0.15) is 0 Å². The van der Waals surface area contributed by atoms with Crippen LogP contribution >= 0.6 is 11.3 Å². The third-order valence-electron chi connectivity index (χ3n) is 2.41.